The summed E-state index contributed by atoms with van der Waals surface area (Å²) < 4.78 is 65.3. The van der Waals surface area contributed by atoms with Crippen LogP contribution < -0.4 is 4.72 Å². The maximum absolute atomic E-state index is 12.8. The number of hydrogen-bond donors (Lipinski definition) is 2. The fourth-order valence-corrected chi connectivity index (χ4v) is 3.99. The van der Waals surface area contributed by atoms with Gasteiger partial charge in [-0.3, -0.25) is 5.10 Å². The Hall–Kier alpha value is -1.87. The highest BCUT2D eigenvalue weighted by Gasteiger charge is 2.31. The van der Waals surface area contributed by atoms with Crippen LogP contribution in [-0.4, -0.2) is 18.6 Å². The quantitative estimate of drug-likeness (QED) is 0.809. The molecule has 0 fully saturated rings. The van der Waals surface area contributed by atoms with E-state index in [9.17, 15) is 21.6 Å². The third kappa shape index (κ3) is 4.04. The van der Waals surface area contributed by atoms with Gasteiger partial charge in [0.2, 0.25) is 10.0 Å². The van der Waals surface area contributed by atoms with Gasteiger partial charge in [0.15, 0.2) is 0 Å². The van der Waals surface area contributed by atoms with Crippen molar-refractivity contribution < 1.29 is 21.6 Å². The predicted molar refractivity (Wildman–Crippen MR) is 85.3 cm³/mol. The molecule has 0 saturated carbocycles. The molecule has 0 radical (unpaired) electrons. The Morgan fingerprint density at radius 3 is 2.68 bits per heavy atom. The van der Waals surface area contributed by atoms with Crippen LogP contribution in [-0.2, 0) is 35.6 Å². The van der Waals surface area contributed by atoms with Gasteiger partial charge < -0.3 is 0 Å². The molecule has 9 heteroatoms. The number of aryl methyl sites for hydroxylation is 1. The van der Waals surface area contributed by atoms with Crippen molar-refractivity contribution in [1.29, 1.82) is 0 Å². The molecule has 1 aromatic carbocycles. The van der Waals surface area contributed by atoms with Crippen LogP contribution in [0.3, 0.4) is 0 Å². The van der Waals surface area contributed by atoms with E-state index in [2.05, 4.69) is 14.9 Å². The van der Waals surface area contributed by atoms with Crippen LogP contribution in [0.15, 0.2) is 29.2 Å². The summed E-state index contributed by atoms with van der Waals surface area (Å²) in [5, 5.41) is 7.10. The lowest BCUT2D eigenvalue weighted by molar-refractivity contribution is -0.137. The molecule has 25 heavy (non-hydrogen) atoms. The summed E-state index contributed by atoms with van der Waals surface area (Å²) in [5.74, 6) is 0. The summed E-state index contributed by atoms with van der Waals surface area (Å²) in [6, 6.07) is 3.70. The lowest BCUT2D eigenvalue weighted by atomic mass is 10.1. The van der Waals surface area contributed by atoms with Gasteiger partial charge in [0.05, 0.1) is 22.7 Å². The first-order valence-electron chi connectivity index (χ1n) is 7.99. The van der Waals surface area contributed by atoms with Crippen LogP contribution in [0.1, 0.15) is 41.8 Å². The Kier molecular flexibility index (Phi) is 4.88. The Bertz CT molecular complexity index is 860. The summed E-state index contributed by atoms with van der Waals surface area (Å²) in [7, 11) is -4.06. The van der Waals surface area contributed by atoms with Crippen LogP contribution in [0.5, 0.6) is 0 Å². The first-order chi connectivity index (χ1) is 11.8. The molecule has 0 atom stereocenters. The SMILES string of the molecule is O=S(=O)(NCc1n[nH]c2c1CCCCC2)c1cccc(C(F)(F)F)c1. The highest BCUT2D eigenvalue weighted by molar-refractivity contribution is 7.89. The van der Waals surface area contributed by atoms with Crippen molar-refractivity contribution in [2.45, 2.75) is 49.7 Å². The summed E-state index contributed by atoms with van der Waals surface area (Å²) in [4.78, 5) is -0.413. The molecule has 136 valence electrons. The molecule has 2 aromatic rings. The molecule has 1 aromatic heterocycles. The largest absolute Gasteiger partial charge is 0.416 e. The second kappa shape index (κ2) is 6.80. The minimum absolute atomic E-state index is 0.0512. The number of halogens is 3. The van der Waals surface area contributed by atoms with E-state index >= 15 is 0 Å². The number of aromatic nitrogens is 2. The highest BCUT2D eigenvalue weighted by atomic mass is 32.2. The zero-order chi connectivity index (χ0) is 18.1. The number of sulfonamides is 1. The van der Waals surface area contributed by atoms with Gasteiger partial charge in [0.1, 0.15) is 0 Å². The smallest absolute Gasteiger partial charge is 0.282 e. The van der Waals surface area contributed by atoms with E-state index in [0.717, 1.165) is 61.6 Å². The lowest BCUT2D eigenvalue weighted by Crippen LogP contribution is -2.24. The molecule has 0 bridgehead atoms. The molecule has 0 aliphatic heterocycles. The number of fused-ring (bicyclic) bond motifs is 1. The fraction of sp³-hybridized carbons (Fsp3) is 0.438. The van der Waals surface area contributed by atoms with Crippen molar-refractivity contribution in [2.24, 2.45) is 0 Å². The van der Waals surface area contributed by atoms with Crippen molar-refractivity contribution >= 4 is 10.0 Å². The Morgan fingerprint density at radius 1 is 1.16 bits per heavy atom. The maximum Gasteiger partial charge on any atom is 0.416 e. The van der Waals surface area contributed by atoms with Crippen molar-refractivity contribution in [2.75, 3.05) is 0 Å². The van der Waals surface area contributed by atoms with Crippen LogP contribution in [0.2, 0.25) is 0 Å². The number of nitrogens with zero attached hydrogens (tertiary/aromatic N) is 1. The van der Waals surface area contributed by atoms with Gasteiger partial charge in [-0.2, -0.15) is 18.3 Å². The fourth-order valence-electron chi connectivity index (χ4n) is 2.96. The molecule has 0 saturated heterocycles. The van der Waals surface area contributed by atoms with E-state index in [0.29, 0.717) is 11.8 Å². The molecular weight excluding hydrogens is 355 g/mol. The van der Waals surface area contributed by atoms with Crippen molar-refractivity contribution in [3.8, 4) is 0 Å². The maximum atomic E-state index is 12.8. The number of aromatic amines is 1. The van der Waals surface area contributed by atoms with Gasteiger partial charge in [-0.15, -0.1) is 0 Å². The Morgan fingerprint density at radius 2 is 1.92 bits per heavy atom. The van der Waals surface area contributed by atoms with Crippen molar-refractivity contribution in [3.63, 3.8) is 0 Å². The van der Waals surface area contributed by atoms with Gasteiger partial charge >= 0.3 is 6.18 Å². The van der Waals surface area contributed by atoms with Gasteiger partial charge in [0, 0.05) is 5.69 Å². The average Bonchev–Trinajstić information content (AvgIpc) is 2.79. The molecule has 1 heterocycles. The third-order valence-corrected chi connectivity index (χ3v) is 5.69. The minimum atomic E-state index is -4.59. The molecule has 1 aliphatic rings. The average molecular weight is 373 g/mol. The molecule has 5 nitrogen and oxygen atoms in total. The van der Waals surface area contributed by atoms with Gasteiger partial charge in [-0.1, -0.05) is 12.5 Å². The van der Waals surface area contributed by atoms with Crippen molar-refractivity contribution in [3.05, 3.63) is 46.8 Å². The van der Waals surface area contributed by atoms with Crippen molar-refractivity contribution in [1.82, 2.24) is 14.9 Å². The summed E-state index contributed by atoms with van der Waals surface area (Å²) in [6.45, 7) is -0.0512. The summed E-state index contributed by atoms with van der Waals surface area (Å²) in [6.07, 6.45) is 0.294. The van der Waals surface area contributed by atoms with Crippen LogP contribution in [0.4, 0.5) is 13.2 Å². The molecule has 0 spiro atoms. The normalized spacial score (nSPS) is 15.6. The molecule has 3 rings (SSSR count). The standard InChI is InChI=1S/C16H18F3N3O2S/c17-16(18,19)11-5-4-6-12(9-11)25(23,24)20-10-15-13-7-2-1-3-8-14(13)21-22-15/h4-6,9,20H,1-3,7-8,10H2,(H,21,22). The highest BCUT2D eigenvalue weighted by Crippen LogP contribution is 2.30. The molecule has 0 unspecified atom stereocenters. The van der Waals surface area contributed by atoms with E-state index in [4.69, 9.17) is 0 Å². The number of benzene rings is 1. The van der Waals surface area contributed by atoms with Gasteiger partial charge in [-0.25, -0.2) is 13.1 Å². The second-order valence-corrected chi connectivity index (χ2v) is 7.81. The lowest BCUT2D eigenvalue weighted by Gasteiger charge is -2.10. The minimum Gasteiger partial charge on any atom is -0.282 e. The van der Waals surface area contributed by atoms with E-state index in [-0.39, 0.29) is 6.54 Å². The molecule has 2 N–H and O–H groups in total. The second-order valence-electron chi connectivity index (χ2n) is 6.04. The topological polar surface area (TPSA) is 74.8 Å². The number of H-pyrrole nitrogens is 1. The van der Waals surface area contributed by atoms with E-state index in [1.165, 1.54) is 0 Å². The summed E-state index contributed by atoms with van der Waals surface area (Å²) in [5.41, 5.74) is 1.64. The van der Waals surface area contributed by atoms with Crippen LogP contribution in [0.25, 0.3) is 0 Å². The number of alkyl halides is 3. The van der Waals surface area contributed by atoms with Gasteiger partial charge in [-0.05, 0) is 49.4 Å². The Balaban J connectivity index is 1.78. The van der Waals surface area contributed by atoms with Crippen LogP contribution >= 0.6 is 0 Å². The monoisotopic (exact) mass is 373 g/mol. The van der Waals surface area contributed by atoms with E-state index < -0.39 is 26.7 Å². The Labute approximate surface area is 143 Å². The predicted octanol–water partition coefficient (Wildman–Crippen LogP) is 3.18. The number of hydrogen-bond acceptors (Lipinski definition) is 3. The zero-order valence-electron chi connectivity index (χ0n) is 13.4. The van der Waals surface area contributed by atoms with E-state index in [1.807, 2.05) is 0 Å². The zero-order valence-corrected chi connectivity index (χ0v) is 14.2. The first-order valence-corrected chi connectivity index (χ1v) is 9.47. The molecule has 0 amide bonds. The molecule has 1 aliphatic carbocycles. The molecular formula is C16H18F3N3O2S. The number of rotatable bonds is 4. The van der Waals surface area contributed by atoms with Crippen LogP contribution in [0, 0.1) is 0 Å². The third-order valence-electron chi connectivity index (χ3n) is 4.29. The first kappa shape index (κ1) is 17.9. The summed E-state index contributed by atoms with van der Waals surface area (Å²) >= 11 is 0. The van der Waals surface area contributed by atoms with E-state index in [1.54, 1.807) is 0 Å². The number of nitrogens with one attached hydrogen (secondary N) is 2. The van der Waals surface area contributed by atoms with Gasteiger partial charge in [0.25, 0.3) is 0 Å².